The Balaban J connectivity index is 2.90. The quantitative estimate of drug-likeness (QED) is 0.753. The molecule has 1 N–H and O–H groups in total. The second kappa shape index (κ2) is 4.40. The van der Waals surface area contributed by atoms with Crippen molar-refractivity contribution in [3.63, 3.8) is 0 Å². The lowest BCUT2D eigenvalue weighted by molar-refractivity contribution is 0.0883. The van der Waals surface area contributed by atoms with Crippen molar-refractivity contribution in [2.45, 2.75) is 19.4 Å². The van der Waals surface area contributed by atoms with Gasteiger partial charge in [0.2, 0.25) is 0 Å². The van der Waals surface area contributed by atoms with E-state index in [4.69, 9.17) is 0 Å². The second-order valence-electron chi connectivity index (χ2n) is 4.20. The van der Waals surface area contributed by atoms with Crippen molar-refractivity contribution < 1.29 is 9.90 Å². The van der Waals surface area contributed by atoms with Crippen molar-refractivity contribution in [1.82, 2.24) is 4.98 Å². The molecule has 0 unspecified atom stereocenters. The number of hydrogen-bond donors (Lipinski definition) is 1. The van der Waals surface area contributed by atoms with Gasteiger partial charge in [-0.1, -0.05) is 0 Å². The summed E-state index contributed by atoms with van der Waals surface area (Å²) >= 11 is 0. The first-order chi connectivity index (χ1) is 6.94. The second-order valence-corrected chi connectivity index (χ2v) is 4.20. The molecular weight excluding hydrogens is 192 g/mol. The molecule has 1 rings (SSSR count). The van der Waals surface area contributed by atoms with Gasteiger partial charge in [-0.05, 0) is 26.0 Å². The summed E-state index contributed by atoms with van der Waals surface area (Å²) in [6.45, 7) is 3.85. The van der Waals surface area contributed by atoms with Crippen molar-refractivity contribution in [3.05, 3.63) is 23.9 Å². The van der Waals surface area contributed by atoms with E-state index in [-0.39, 0.29) is 0 Å². The van der Waals surface area contributed by atoms with Crippen LogP contribution in [-0.4, -0.2) is 35.6 Å². The van der Waals surface area contributed by atoms with Crippen LogP contribution in [0.5, 0.6) is 0 Å². The number of nitrogens with zero attached hydrogens (tertiary/aromatic N) is 2. The zero-order valence-corrected chi connectivity index (χ0v) is 9.27. The van der Waals surface area contributed by atoms with Crippen LogP contribution in [0.15, 0.2) is 18.3 Å². The number of aromatic nitrogens is 1. The van der Waals surface area contributed by atoms with Gasteiger partial charge in [0, 0.05) is 19.8 Å². The zero-order chi connectivity index (χ0) is 11.5. The van der Waals surface area contributed by atoms with E-state index >= 15 is 0 Å². The molecule has 15 heavy (non-hydrogen) atoms. The normalized spacial score (nSPS) is 11.2. The fourth-order valence-corrected chi connectivity index (χ4v) is 1.48. The van der Waals surface area contributed by atoms with Crippen LogP contribution in [0.25, 0.3) is 0 Å². The van der Waals surface area contributed by atoms with E-state index < -0.39 is 5.60 Å². The van der Waals surface area contributed by atoms with E-state index in [1.807, 2.05) is 0 Å². The van der Waals surface area contributed by atoms with Gasteiger partial charge in [-0.15, -0.1) is 0 Å². The number of pyridine rings is 1. The van der Waals surface area contributed by atoms with E-state index in [0.29, 0.717) is 17.9 Å². The Kier molecular flexibility index (Phi) is 3.42. The fourth-order valence-electron chi connectivity index (χ4n) is 1.48. The lowest BCUT2D eigenvalue weighted by Crippen LogP contribution is -2.37. The van der Waals surface area contributed by atoms with E-state index in [2.05, 4.69) is 4.98 Å². The predicted octanol–water partition coefficient (Wildman–Crippen LogP) is 1.10. The van der Waals surface area contributed by atoms with Crippen molar-refractivity contribution in [1.29, 1.82) is 0 Å². The molecule has 0 fully saturated rings. The molecule has 0 saturated carbocycles. The molecule has 4 heteroatoms. The standard InChI is InChI=1S/C11H16N2O2/c1-11(2,15)8-13(3)10-9(7-14)5-4-6-12-10/h4-7,15H,8H2,1-3H3. The van der Waals surface area contributed by atoms with Crippen LogP contribution in [-0.2, 0) is 0 Å². The van der Waals surface area contributed by atoms with Crippen LogP contribution < -0.4 is 4.90 Å². The predicted molar refractivity (Wildman–Crippen MR) is 59.2 cm³/mol. The smallest absolute Gasteiger partial charge is 0.153 e. The molecule has 0 radical (unpaired) electrons. The Morgan fingerprint density at radius 3 is 2.80 bits per heavy atom. The van der Waals surface area contributed by atoms with Gasteiger partial charge in [0.25, 0.3) is 0 Å². The highest BCUT2D eigenvalue weighted by Crippen LogP contribution is 2.16. The van der Waals surface area contributed by atoms with Crippen molar-refractivity contribution in [2.24, 2.45) is 0 Å². The Labute approximate surface area is 89.6 Å². The van der Waals surface area contributed by atoms with Crippen molar-refractivity contribution in [2.75, 3.05) is 18.5 Å². The first-order valence-electron chi connectivity index (χ1n) is 4.78. The fraction of sp³-hybridized carbons (Fsp3) is 0.455. The Morgan fingerprint density at radius 2 is 2.27 bits per heavy atom. The maximum atomic E-state index is 10.8. The molecule has 0 amide bonds. The lowest BCUT2D eigenvalue weighted by atomic mass is 10.1. The van der Waals surface area contributed by atoms with Crippen LogP contribution in [0, 0.1) is 0 Å². The molecule has 0 aromatic carbocycles. The van der Waals surface area contributed by atoms with Gasteiger partial charge in [-0.3, -0.25) is 4.79 Å². The van der Waals surface area contributed by atoms with E-state index in [1.54, 1.807) is 44.1 Å². The molecule has 0 saturated heterocycles. The first kappa shape index (κ1) is 11.7. The minimum absolute atomic E-state index is 0.421. The monoisotopic (exact) mass is 208 g/mol. The highest BCUT2D eigenvalue weighted by atomic mass is 16.3. The third-order valence-electron chi connectivity index (χ3n) is 1.93. The number of carbonyl (C=O) groups is 1. The average Bonchev–Trinajstić information content (AvgIpc) is 2.15. The summed E-state index contributed by atoms with van der Waals surface area (Å²) in [5.74, 6) is 0.592. The zero-order valence-electron chi connectivity index (χ0n) is 9.27. The summed E-state index contributed by atoms with van der Waals surface area (Å²) in [4.78, 5) is 16.7. The van der Waals surface area contributed by atoms with Crippen LogP contribution >= 0.6 is 0 Å². The molecule has 82 valence electrons. The summed E-state index contributed by atoms with van der Waals surface area (Å²) < 4.78 is 0. The lowest BCUT2D eigenvalue weighted by Gasteiger charge is -2.26. The molecule has 0 bridgehead atoms. The van der Waals surface area contributed by atoms with Crippen LogP contribution in [0.2, 0.25) is 0 Å². The molecule has 0 spiro atoms. The van der Waals surface area contributed by atoms with Crippen LogP contribution in [0.3, 0.4) is 0 Å². The summed E-state index contributed by atoms with van der Waals surface area (Å²) in [6.07, 6.45) is 2.40. The number of anilines is 1. The highest BCUT2D eigenvalue weighted by Gasteiger charge is 2.18. The molecule has 0 aliphatic heterocycles. The number of hydrogen-bond acceptors (Lipinski definition) is 4. The number of rotatable bonds is 4. The van der Waals surface area contributed by atoms with Crippen LogP contribution in [0.4, 0.5) is 5.82 Å². The topological polar surface area (TPSA) is 53.4 Å². The first-order valence-corrected chi connectivity index (χ1v) is 4.78. The minimum Gasteiger partial charge on any atom is -0.389 e. The summed E-state index contributed by atoms with van der Waals surface area (Å²) in [5.41, 5.74) is -0.281. The molecule has 1 aromatic rings. The third-order valence-corrected chi connectivity index (χ3v) is 1.93. The molecule has 0 aliphatic carbocycles. The summed E-state index contributed by atoms with van der Waals surface area (Å²) in [5, 5.41) is 9.66. The third kappa shape index (κ3) is 3.32. The van der Waals surface area contributed by atoms with Gasteiger partial charge in [0.1, 0.15) is 5.82 Å². The molecular formula is C11H16N2O2. The van der Waals surface area contributed by atoms with Crippen LogP contribution in [0.1, 0.15) is 24.2 Å². The Hall–Kier alpha value is -1.42. The molecule has 0 aliphatic rings. The number of aldehydes is 1. The Bertz CT molecular complexity index is 345. The van der Waals surface area contributed by atoms with Gasteiger partial charge in [-0.25, -0.2) is 4.98 Å². The van der Waals surface area contributed by atoms with Gasteiger partial charge in [-0.2, -0.15) is 0 Å². The largest absolute Gasteiger partial charge is 0.389 e. The van der Waals surface area contributed by atoms with Gasteiger partial charge >= 0.3 is 0 Å². The summed E-state index contributed by atoms with van der Waals surface area (Å²) in [6, 6.07) is 3.42. The Morgan fingerprint density at radius 1 is 1.60 bits per heavy atom. The van der Waals surface area contributed by atoms with Gasteiger partial charge in [0.15, 0.2) is 6.29 Å². The van der Waals surface area contributed by atoms with E-state index in [0.717, 1.165) is 6.29 Å². The number of likely N-dealkylation sites (N-methyl/N-ethyl adjacent to an activating group) is 1. The summed E-state index contributed by atoms with van der Waals surface area (Å²) in [7, 11) is 1.80. The highest BCUT2D eigenvalue weighted by molar-refractivity contribution is 5.82. The van der Waals surface area contributed by atoms with E-state index in [9.17, 15) is 9.90 Å². The van der Waals surface area contributed by atoms with Crippen molar-refractivity contribution in [3.8, 4) is 0 Å². The maximum absolute atomic E-state index is 10.8. The van der Waals surface area contributed by atoms with Crippen molar-refractivity contribution >= 4 is 12.1 Å². The number of aliphatic hydroxyl groups is 1. The maximum Gasteiger partial charge on any atom is 0.153 e. The molecule has 0 atom stereocenters. The SMILES string of the molecule is CN(CC(C)(C)O)c1ncccc1C=O. The van der Waals surface area contributed by atoms with Gasteiger partial charge < -0.3 is 10.0 Å². The molecule has 4 nitrogen and oxygen atoms in total. The molecule has 1 heterocycles. The number of carbonyl (C=O) groups excluding carboxylic acids is 1. The molecule has 1 aromatic heterocycles. The average molecular weight is 208 g/mol. The van der Waals surface area contributed by atoms with Gasteiger partial charge in [0.05, 0.1) is 11.2 Å². The minimum atomic E-state index is -0.813. The van der Waals surface area contributed by atoms with E-state index in [1.165, 1.54) is 0 Å².